The van der Waals surface area contributed by atoms with E-state index in [1.54, 1.807) is 24.3 Å². The van der Waals surface area contributed by atoms with Crippen LogP contribution in [0.2, 0.25) is 0 Å². The molecule has 1 aliphatic heterocycles. The second kappa shape index (κ2) is 7.82. The molecule has 138 valence electrons. The molecule has 0 bridgehead atoms. The summed E-state index contributed by atoms with van der Waals surface area (Å²) in [7, 11) is 1.49. The average molecular weight is 365 g/mol. The molecule has 1 atom stereocenters. The number of aliphatic imine (C=N–C) groups is 1. The maximum atomic E-state index is 12.8. The Hall–Kier alpha value is -3.48. The van der Waals surface area contributed by atoms with Crippen molar-refractivity contribution in [1.82, 2.24) is 5.32 Å². The zero-order valence-electron chi connectivity index (χ0n) is 15.0. The molecule has 0 spiro atoms. The van der Waals surface area contributed by atoms with Crippen LogP contribution in [-0.4, -0.2) is 31.2 Å². The van der Waals surface area contributed by atoms with Gasteiger partial charge in [0.05, 0.1) is 18.5 Å². The van der Waals surface area contributed by atoms with E-state index in [4.69, 9.17) is 4.74 Å². The number of amides is 4. The van der Waals surface area contributed by atoms with Crippen molar-refractivity contribution in [3.63, 3.8) is 0 Å². The lowest BCUT2D eigenvalue weighted by Gasteiger charge is -2.28. The van der Waals surface area contributed by atoms with Crippen molar-refractivity contribution in [1.29, 1.82) is 0 Å². The lowest BCUT2D eigenvalue weighted by Crippen LogP contribution is -2.58. The Morgan fingerprint density at radius 2 is 1.93 bits per heavy atom. The number of para-hydroxylation sites is 1. The highest BCUT2D eigenvalue weighted by Crippen LogP contribution is 2.25. The van der Waals surface area contributed by atoms with E-state index in [-0.39, 0.29) is 0 Å². The molecule has 7 nitrogen and oxygen atoms in total. The molecule has 0 radical (unpaired) electrons. The van der Waals surface area contributed by atoms with Crippen LogP contribution in [-0.2, 0) is 16.0 Å². The minimum absolute atomic E-state index is 0.316. The molecule has 1 saturated heterocycles. The Labute approximate surface area is 156 Å². The normalized spacial score (nSPS) is 17.3. The first-order chi connectivity index (χ1) is 13.0. The summed E-state index contributed by atoms with van der Waals surface area (Å²) in [6, 6.07) is 13.2. The molecule has 0 aliphatic carbocycles. The number of nitrogens with one attached hydrogen (secondary N) is 1. The monoisotopic (exact) mass is 365 g/mol. The number of benzene rings is 2. The summed E-state index contributed by atoms with van der Waals surface area (Å²) in [5.41, 5.74) is 2.00. The third-order valence-corrected chi connectivity index (χ3v) is 4.25. The number of hydrogen-bond donors (Lipinski definition) is 1. The fourth-order valence-corrected chi connectivity index (χ4v) is 2.81. The molecule has 3 rings (SSSR count). The lowest BCUT2D eigenvalue weighted by atomic mass is 10.1. The van der Waals surface area contributed by atoms with E-state index in [2.05, 4.69) is 10.3 Å². The number of carbonyl (C=O) groups excluding carboxylic acids is 3. The van der Waals surface area contributed by atoms with Gasteiger partial charge in [0.2, 0.25) is 5.91 Å². The zero-order chi connectivity index (χ0) is 19.4. The summed E-state index contributed by atoms with van der Waals surface area (Å²) in [4.78, 5) is 42.5. The van der Waals surface area contributed by atoms with E-state index in [1.807, 2.05) is 31.2 Å². The van der Waals surface area contributed by atoms with Gasteiger partial charge in [-0.25, -0.2) is 9.69 Å². The molecule has 0 unspecified atom stereocenters. The van der Waals surface area contributed by atoms with Gasteiger partial charge in [-0.1, -0.05) is 31.2 Å². The van der Waals surface area contributed by atoms with E-state index in [0.29, 0.717) is 17.1 Å². The predicted molar refractivity (Wildman–Crippen MR) is 101 cm³/mol. The highest BCUT2D eigenvalue weighted by Gasteiger charge is 2.40. The first-order valence-electron chi connectivity index (χ1n) is 8.50. The van der Waals surface area contributed by atoms with Crippen molar-refractivity contribution < 1.29 is 19.1 Å². The number of anilines is 1. The average Bonchev–Trinajstić information content (AvgIpc) is 2.68. The standard InChI is InChI=1S/C20H19N3O4/c1-3-13-7-4-5-10-17(13)21-12-16-18(24)22-20(26)23(19(16)25)14-8-6-9-15(11-14)27-2/h4-12,16H,3H2,1-2H3,(H,22,24,26)/t16-/m0/s1. The van der Waals surface area contributed by atoms with E-state index in [0.717, 1.165) is 16.9 Å². The number of barbiturate groups is 1. The number of urea groups is 1. The summed E-state index contributed by atoms with van der Waals surface area (Å²) < 4.78 is 5.13. The summed E-state index contributed by atoms with van der Waals surface area (Å²) >= 11 is 0. The van der Waals surface area contributed by atoms with Gasteiger partial charge in [0, 0.05) is 12.3 Å². The topological polar surface area (TPSA) is 88.1 Å². The third-order valence-electron chi connectivity index (χ3n) is 4.25. The Morgan fingerprint density at radius 1 is 1.15 bits per heavy atom. The van der Waals surface area contributed by atoms with Crippen molar-refractivity contribution in [2.24, 2.45) is 10.9 Å². The van der Waals surface area contributed by atoms with Crippen molar-refractivity contribution in [3.8, 4) is 5.75 Å². The van der Waals surface area contributed by atoms with Gasteiger partial charge in [-0.3, -0.25) is 19.9 Å². The molecular weight excluding hydrogens is 346 g/mol. The van der Waals surface area contributed by atoms with E-state index >= 15 is 0 Å². The Kier molecular flexibility index (Phi) is 5.30. The largest absolute Gasteiger partial charge is 0.497 e. The number of aryl methyl sites for hydroxylation is 1. The van der Waals surface area contributed by atoms with Crippen LogP contribution in [0.15, 0.2) is 53.5 Å². The third kappa shape index (κ3) is 3.72. The van der Waals surface area contributed by atoms with Gasteiger partial charge in [0.1, 0.15) is 5.75 Å². The Balaban J connectivity index is 1.91. The van der Waals surface area contributed by atoms with E-state index in [1.165, 1.54) is 13.3 Å². The summed E-state index contributed by atoms with van der Waals surface area (Å²) in [5.74, 6) is -2.05. The van der Waals surface area contributed by atoms with Crippen LogP contribution in [0.25, 0.3) is 0 Å². The van der Waals surface area contributed by atoms with Gasteiger partial charge in [-0.2, -0.15) is 0 Å². The summed E-state index contributed by atoms with van der Waals surface area (Å²) in [5, 5.41) is 2.21. The number of ether oxygens (including phenoxy) is 1. The molecule has 1 fully saturated rings. The van der Waals surface area contributed by atoms with Gasteiger partial charge in [0.25, 0.3) is 5.91 Å². The van der Waals surface area contributed by atoms with Crippen LogP contribution < -0.4 is 15.0 Å². The van der Waals surface area contributed by atoms with Crippen molar-refractivity contribution in [2.45, 2.75) is 13.3 Å². The molecule has 1 N–H and O–H groups in total. The fourth-order valence-electron chi connectivity index (χ4n) is 2.81. The van der Waals surface area contributed by atoms with Crippen LogP contribution in [0.1, 0.15) is 12.5 Å². The van der Waals surface area contributed by atoms with Crippen LogP contribution in [0.5, 0.6) is 5.75 Å². The van der Waals surface area contributed by atoms with Gasteiger partial charge >= 0.3 is 6.03 Å². The highest BCUT2D eigenvalue weighted by molar-refractivity contribution is 6.32. The van der Waals surface area contributed by atoms with Crippen LogP contribution in [0, 0.1) is 5.92 Å². The Morgan fingerprint density at radius 3 is 2.67 bits per heavy atom. The number of nitrogens with zero attached hydrogens (tertiary/aromatic N) is 2. The number of imide groups is 2. The minimum atomic E-state index is -1.20. The first kappa shape index (κ1) is 18.3. The maximum absolute atomic E-state index is 12.8. The quantitative estimate of drug-likeness (QED) is 0.652. The van der Waals surface area contributed by atoms with Crippen molar-refractivity contribution in [3.05, 3.63) is 54.1 Å². The maximum Gasteiger partial charge on any atom is 0.335 e. The molecule has 2 aromatic carbocycles. The molecule has 0 aromatic heterocycles. The summed E-state index contributed by atoms with van der Waals surface area (Å²) in [6.07, 6.45) is 2.05. The molecule has 27 heavy (non-hydrogen) atoms. The van der Waals surface area contributed by atoms with Crippen molar-refractivity contribution >= 4 is 35.4 Å². The lowest BCUT2D eigenvalue weighted by molar-refractivity contribution is -0.131. The summed E-state index contributed by atoms with van der Waals surface area (Å²) in [6.45, 7) is 2.00. The molecule has 1 aliphatic rings. The van der Waals surface area contributed by atoms with Gasteiger partial charge in [-0.05, 0) is 30.2 Å². The fraction of sp³-hybridized carbons (Fsp3) is 0.200. The SMILES string of the molecule is CCc1ccccc1N=C[C@H]1C(=O)NC(=O)N(c2cccc(OC)c2)C1=O. The van der Waals surface area contributed by atoms with Gasteiger partial charge < -0.3 is 4.74 Å². The first-order valence-corrected chi connectivity index (χ1v) is 8.50. The number of carbonyl (C=O) groups is 3. The van der Waals surface area contributed by atoms with Crippen LogP contribution in [0.3, 0.4) is 0 Å². The number of rotatable bonds is 5. The van der Waals surface area contributed by atoms with Gasteiger partial charge in [0.15, 0.2) is 5.92 Å². The van der Waals surface area contributed by atoms with E-state index in [9.17, 15) is 14.4 Å². The Bertz CT molecular complexity index is 923. The van der Waals surface area contributed by atoms with Crippen LogP contribution in [0.4, 0.5) is 16.2 Å². The van der Waals surface area contributed by atoms with Crippen LogP contribution >= 0.6 is 0 Å². The molecule has 4 amide bonds. The minimum Gasteiger partial charge on any atom is -0.497 e. The number of methoxy groups -OCH3 is 1. The molecular formula is C20H19N3O4. The van der Waals surface area contributed by atoms with Gasteiger partial charge in [-0.15, -0.1) is 0 Å². The second-order valence-corrected chi connectivity index (χ2v) is 5.91. The predicted octanol–water partition coefficient (Wildman–Crippen LogP) is 2.86. The molecule has 1 heterocycles. The van der Waals surface area contributed by atoms with Crippen molar-refractivity contribution in [2.75, 3.05) is 12.0 Å². The molecule has 2 aromatic rings. The zero-order valence-corrected chi connectivity index (χ0v) is 15.0. The van der Waals surface area contributed by atoms with E-state index < -0.39 is 23.8 Å². The molecule has 0 saturated carbocycles. The number of hydrogen-bond acceptors (Lipinski definition) is 5. The second-order valence-electron chi connectivity index (χ2n) is 5.91. The highest BCUT2D eigenvalue weighted by atomic mass is 16.5. The smallest absolute Gasteiger partial charge is 0.335 e. The molecule has 7 heteroatoms.